The summed E-state index contributed by atoms with van der Waals surface area (Å²) in [6.07, 6.45) is 2.31. The first kappa shape index (κ1) is 16.4. The largest absolute Gasteiger partial charge is 0.467 e. The summed E-state index contributed by atoms with van der Waals surface area (Å²) in [5.41, 5.74) is -1.49. The Hall–Kier alpha value is -0.690. The Kier molecular flexibility index (Phi) is 6.71. The van der Waals surface area contributed by atoms with Crippen LogP contribution >= 0.6 is 0 Å². The molecular weight excluding hydrogens is 248 g/mol. The van der Waals surface area contributed by atoms with Gasteiger partial charge in [0.1, 0.15) is 0 Å². The standard InChI is InChI=1S/C13H26N2O4/c1-13(17,12(16)19-3)10-15(7-8-18-2)9-11-5-4-6-14-11/h11,14,17H,4-10H2,1-3H3. The minimum atomic E-state index is -1.49. The van der Waals surface area contributed by atoms with Crippen molar-refractivity contribution in [1.82, 2.24) is 10.2 Å². The van der Waals surface area contributed by atoms with Crippen LogP contribution in [0, 0.1) is 0 Å². The van der Waals surface area contributed by atoms with Crippen molar-refractivity contribution in [2.75, 3.05) is 47.0 Å². The van der Waals surface area contributed by atoms with Gasteiger partial charge in [-0.15, -0.1) is 0 Å². The van der Waals surface area contributed by atoms with Gasteiger partial charge in [-0.25, -0.2) is 4.79 Å². The summed E-state index contributed by atoms with van der Waals surface area (Å²) >= 11 is 0. The number of esters is 1. The molecule has 2 atom stereocenters. The number of hydrogen-bond donors (Lipinski definition) is 2. The van der Waals surface area contributed by atoms with E-state index >= 15 is 0 Å². The summed E-state index contributed by atoms with van der Waals surface area (Å²) in [5.74, 6) is -0.603. The molecule has 6 nitrogen and oxygen atoms in total. The van der Waals surface area contributed by atoms with Crippen LogP contribution in [0.25, 0.3) is 0 Å². The lowest BCUT2D eigenvalue weighted by Gasteiger charge is -2.31. The molecule has 1 fully saturated rings. The van der Waals surface area contributed by atoms with Gasteiger partial charge in [-0.05, 0) is 26.3 Å². The molecule has 0 saturated carbocycles. The lowest BCUT2D eigenvalue weighted by molar-refractivity contribution is -0.162. The van der Waals surface area contributed by atoms with Crippen LogP contribution in [-0.2, 0) is 14.3 Å². The van der Waals surface area contributed by atoms with Gasteiger partial charge in [0.2, 0.25) is 0 Å². The van der Waals surface area contributed by atoms with Gasteiger partial charge in [-0.3, -0.25) is 4.90 Å². The summed E-state index contributed by atoms with van der Waals surface area (Å²) in [5, 5.41) is 13.6. The monoisotopic (exact) mass is 274 g/mol. The second kappa shape index (κ2) is 7.79. The third kappa shape index (κ3) is 5.44. The number of ether oxygens (including phenoxy) is 2. The number of rotatable bonds is 8. The molecule has 0 amide bonds. The number of carbonyl (C=O) groups is 1. The molecule has 2 unspecified atom stereocenters. The van der Waals surface area contributed by atoms with Gasteiger partial charge in [0.05, 0.1) is 13.7 Å². The van der Waals surface area contributed by atoms with E-state index in [1.54, 1.807) is 7.11 Å². The molecule has 1 saturated heterocycles. The Balaban J connectivity index is 2.54. The van der Waals surface area contributed by atoms with Crippen molar-refractivity contribution in [3.63, 3.8) is 0 Å². The van der Waals surface area contributed by atoms with Crippen molar-refractivity contribution in [2.45, 2.75) is 31.4 Å². The van der Waals surface area contributed by atoms with Crippen LogP contribution < -0.4 is 5.32 Å². The third-order valence-electron chi connectivity index (χ3n) is 3.41. The predicted molar refractivity (Wildman–Crippen MR) is 72.0 cm³/mol. The van der Waals surface area contributed by atoms with Gasteiger partial charge in [0.15, 0.2) is 5.60 Å². The van der Waals surface area contributed by atoms with Gasteiger partial charge in [0, 0.05) is 32.8 Å². The minimum Gasteiger partial charge on any atom is -0.467 e. The maximum absolute atomic E-state index is 11.5. The number of nitrogens with zero attached hydrogens (tertiary/aromatic N) is 1. The summed E-state index contributed by atoms with van der Waals surface area (Å²) < 4.78 is 9.71. The summed E-state index contributed by atoms with van der Waals surface area (Å²) in [7, 11) is 2.93. The van der Waals surface area contributed by atoms with Crippen molar-refractivity contribution < 1.29 is 19.4 Å². The van der Waals surface area contributed by atoms with E-state index in [-0.39, 0.29) is 6.54 Å². The second-order valence-corrected chi connectivity index (χ2v) is 5.29. The molecule has 1 rings (SSSR count). The average molecular weight is 274 g/mol. The zero-order valence-corrected chi connectivity index (χ0v) is 12.1. The molecule has 0 aromatic rings. The Labute approximate surface area is 115 Å². The summed E-state index contributed by atoms with van der Waals surface area (Å²) in [6, 6.07) is 0.422. The van der Waals surface area contributed by atoms with Crippen LogP contribution in [0.4, 0.5) is 0 Å². The highest BCUT2D eigenvalue weighted by molar-refractivity contribution is 5.78. The quantitative estimate of drug-likeness (QED) is 0.588. The van der Waals surface area contributed by atoms with Crippen molar-refractivity contribution in [3.05, 3.63) is 0 Å². The molecule has 1 aliphatic heterocycles. The zero-order chi connectivity index (χ0) is 14.3. The lowest BCUT2D eigenvalue weighted by Crippen LogP contribution is -2.50. The van der Waals surface area contributed by atoms with E-state index in [2.05, 4.69) is 10.1 Å². The van der Waals surface area contributed by atoms with Crippen molar-refractivity contribution in [1.29, 1.82) is 0 Å². The molecule has 0 aromatic heterocycles. The average Bonchev–Trinajstić information content (AvgIpc) is 2.87. The third-order valence-corrected chi connectivity index (χ3v) is 3.41. The molecule has 1 aliphatic rings. The van der Waals surface area contributed by atoms with Gasteiger partial charge >= 0.3 is 5.97 Å². The minimum absolute atomic E-state index is 0.251. The molecule has 0 spiro atoms. The molecule has 0 bridgehead atoms. The zero-order valence-electron chi connectivity index (χ0n) is 12.1. The van der Waals surface area contributed by atoms with Crippen LogP contribution in [0.5, 0.6) is 0 Å². The molecule has 19 heavy (non-hydrogen) atoms. The predicted octanol–water partition coefficient (Wildman–Crippen LogP) is -0.389. The number of nitrogens with one attached hydrogen (secondary N) is 1. The smallest absolute Gasteiger partial charge is 0.338 e. The molecule has 0 aliphatic carbocycles. The highest BCUT2D eigenvalue weighted by Gasteiger charge is 2.34. The highest BCUT2D eigenvalue weighted by atomic mass is 16.5. The van der Waals surface area contributed by atoms with E-state index < -0.39 is 11.6 Å². The van der Waals surface area contributed by atoms with Crippen molar-refractivity contribution in [2.24, 2.45) is 0 Å². The van der Waals surface area contributed by atoms with E-state index in [0.29, 0.717) is 19.2 Å². The van der Waals surface area contributed by atoms with Crippen LogP contribution in [0.15, 0.2) is 0 Å². The van der Waals surface area contributed by atoms with Gasteiger partial charge in [-0.2, -0.15) is 0 Å². The van der Waals surface area contributed by atoms with Crippen LogP contribution in [0.2, 0.25) is 0 Å². The van der Waals surface area contributed by atoms with E-state index in [0.717, 1.165) is 19.5 Å². The van der Waals surface area contributed by atoms with Crippen molar-refractivity contribution in [3.8, 4) is 0 Å². The maximum atomic E-state index is 11.5. The topological polar surface area (TPSA) is 71.0 Å². The Morgan fingerprint density at radius 1 is 1.53 bits per heavy atom. The molecule has 0 aromatic carbocycles. The number of methoxy groups -OCH3 is 2. The second-order valence-electron chi connectivity index (χ2n) is 5.29. The van der Waals surface area contributed by atoms with E-state index in [9.17, 15) is 9.90 Å². The first-order valence-corrected chi connectivity index (χ1v) is 6.75. The molecular formula is C13H26N2O4. The SMILES string of the molecule is COCCN(CC1CCCN1)CC(C)(O)C(=O)OC. The van der Waals surface area contributed by atoms with E-state index in [4.69, 9.17) is 4.74 Å². The maximum Gasteiger partial charge on any atom is 0.338 e. The van der Waals surface area contributed by atoms with Gasteiger partial charge in [0.25, 0.3) is 0 Å². The number of hydrogen-bond acceptors (Lipinski definition) is 6. The lowest BCUT2D eigenvalue weighted by atomic mass is 10.1. The summed E-state index contributed by atoms with van der Waals surface area (Å²) in [6.45, 7) is 4.83. The van der Waals surface area contributed by atoms with Crippen LogP contribution in [0.3, 0.4) is 0 Å². The van der Waals surface area contributed by atoms with E-state index in [1.807, 2.05) is 4.90 Å². The fraction of sp³-hybridized carbons (Fsp3) is 0.923. The van der Waals surface area contributed by atoms with Gasteiger partial charge in [-0.1, -0.05) is 0 Å². The Bertz CT molecular complexity index is 278. The molecule has 6 heteroatoms. The van der Waals surface area contributed by atoms with Gasteiger partial charge < -0.3 is 19.9 Å². The first-order valence-electron chi connectivity index (χ1n) is 6.75. The highest BCUT2D eigenvalue weighted by Crippen LogP contribution is 2.12. The first-order chi connectivity index (χ1) is 8.99. The van der Waals surface area contributed by atoms with Crippen molar-refractivity contribution >= 4 is 5.97 Å². The number of aliphatic hydroxyl groups is 1. The Morgan fingerprint density at radius 2 is 2.26 bits per heavy atom. The van der Waals surface area contributed by atoms with E-state index in [1.165, 1.54) is 20.5 Å². The Morgan fingerprint density at radius 3 is 2.79 bits per heavy atom. The molecule has 112 valence electrons. The molecule has 2 N–H and O–H groups in total. The fourth-order valence-corrected chi connectivity index (χ4v) is 2.40. The normalized spacial score (nSPS) is 22.5. The molecule has 1 heterocycles. The molecule has 0 radical (unpaired) electrons. The van der Waals surface area contributed by atoms with Crippen LogP contribution in [-0.4, -0.2) is 74.6 Å². The van der Waals surface area contributed by atoms with Crippen LogP contribution in [0.1, 0.15) is 19.8 Å². The fourth-order valence-electron chi connectivity index (χ4n) is 2.40. The number of carbonyl (C=O) groups excluding carboxylic acids is 1. The summed E-state index contributed by atoms with van der Waals surface area (Å²) in [4.78, 5) is 13.6.